The first-order valence-electron chi connectivity index (χ1n) is 5.82. The molecule has 0 aromatic carbocycles. The third-order valence-corrected chi connectivity index (χ3v) is 2.96. The highest BCUT2D eigenvalue weighted by atomic mass is 19.4. The summed E-state index contributed by atoms with van der Waals surface area (Å²) in [7, 11) is 0. The Morgan fingerprint density at radius 1 is 1.15 bits per heavy atom. The van der Waals surface area contributed by atoms with Crippen LogP contribution >= 0.6 is 0 Å². The lowest BCUT2D eigenvalue weighted by Crippen LogP contribution is -2.58. The molecule has 1 rings (SSSR count). The molecule has 0 radical (unpaired) electrons. The van der Waals surface area contributed by atoms with Crippen molar-refractivity contribution in [3.63, 3.8) is 0 Å². The van der Waals surface area contributed by atoms with Gasteiger partial charge in [0.15, 0.2) is 0 Å². The smallest absolute Gasteiger partial charge is 0.368 e. The number of alkyl halides is 5. The van der Waals surface area contributed by atoms with Crippen LogP contribution in [-0.2, 0) is 9.59 Å². The van der Waals surface area contributed by atoms with Crippen LogP contribution in [0.4, 0.5) is 22.0 Å². The summed E-state index contributed by atoms with van der Waals surface area (Å²) in [6.45, 7) is -0.259. The summed E-state index contributed by atoms with van der Waals surface area (Å²) < 4.78 is 62.9. The summed E-state index contributed by atoms with van der Waals surface area (Å²) in [5, 5.41) is 2.87. The van der Waals surface area contributed by atoms with E-state index in [-0.39, 0.29) is 17.7 Å². The van der Waals surface area contributed by atoms with Crippen molar-refractivity contribution in [2.75, 3.05) is 19.6 Å². The van der Waals surface area contributed by atoms with Gasteiger partial charge in [-0.3, -0.25) is 9.59 Å². The maximum absolute atomic E-state index is 13.1. The minimum absolute atomic E-state index is 0.174. The standard InChI is InChI=1S/C10H14F5N3O2/c11-9(12,10(13,14)15)8(20)18(5-7(16)19)6-1-3-17-4-2-6/h6,17H,1-5H2,(H2,16,19). The van der Waals surface area contributed by atoms with Gasteiger partial charge in [-0.05, 0) is 25.9 Å². The van der Waals surface area contributed by atoms with E-state index in [0.29, 0.717) is 13.1 Å². The van der Waals surface area contributed by atoms with E-state index < -0.39 is 36.5 Å². The van der Waals surface area contributed by atoms with E-state index in [0.717, 1.165) is 0 Å². The Balaban J connectivity index is 2.97. The van der Waals surface area contributed by atoms with E-state index in [2.05, 4.69) is 5.32 Å². The molecule has 2 amide bonds. The minimum Gasteiger partial charge on any atom is -0.368 e. The summed E-state index contributed by atoms with van der Waals surface area (Å²) in [5.74, 6) is -9.11. The number of carbonyl (C=O) groups excluding carboxylic acids is 2. The van der Waals surface area contributed by atoms with Crippen LogP contribution in [0.15, 0.2) is 0 Å². The number of rotatable bonds is 4. The van der Waals surface area contributed by atoms with Crippen molar-refractivity contribution in [3.05, 3.63) is 0 Å². The molecule has 1 fully saturated rings. The number of piperidine rings is 1. The fraction of sp³-hybridized carbons (Fsp3) is 0.800. The zero-order valence-corrected chi connectivity index (χ0v) is 10.3. The number of primary amides is 1. The van der Waals surface area contributed by atoms with Crippen molar-refractivity contribution in [1.29, 1.82) is 0 Å². The second kappa shape index (κ2) is 5.90. The highest BCUT2D eigenvalue weighted by Gasteiger charge is 2.65. The van der Waals surface area contributed by atoms with Crippen LogP contribution in [0.1, 0.15) is 12.8 Å². The average Bonchev–Trinajstić information content (AvgIpc) is 2.34. The van der Waals surface area contributed by atoms with E-state index in [1.54, 1.807) is 0 Å². The highest BCUT2D eigenvalue weighted by Crippen LogP contribution is 2.37. The Bertz CT molecular complexity index is 380. The summed E-state index contributed by atoms with van der Waals surface area (Å²) in [5.41, 5.74) is 4.82. The lowest BCUT2D eigenvalue weighted by Gasteiger charge is -2.36. The first-order valence-corrected chi connectivity index (χ1v) is 5.82. The second-order valence-electron chi connectivity index (χ2n) is 4.45. The Kier molecular flexibility index (Phi) is 4.90. The van der Waals surface area contributed by atoms with Crippen molar-refractivity contribution >= 4 is 11.8 Å². The van der Waals surface area contributed by atoms with Crippen molar-refractivity contribution < 1.29 is 31.5 Å². The number of nitrogens with two attached hydrogens (primary N) is 1. The number of nitrogens with one attached hydrogen (secondary N) is 1. The quantitative estimate of drug-likeness (QED) is 0.731. The van der Waals surface area contributed by atoms with E-state index in [1.807, 2.05) is 0 Å². The molecule has 0 saturated carbocycles. The Morgan fingerprint density at radius 3 is 2.05 bits per heavy atom. The van der Waals surface area contributed by atoms with Crippen LogP contribution in [0.3, 0.4) is 0 Å². The third-order valence-electron chi connectivity index (χ3n) is 2.96. The van der Waals surface area contributed by atoms with Gasteiger partial charge in [0.1, 0.15) is 0 Å². The molecule has 1 aliphatic heterocycles. The van der Waals surface area contributed by atoms with Crippen molar-refractivity contribution in [3.8, 4) is 0 Å². The Labute approximate surface area is 111 Å². The molecule has 3 N–H and O–H groups in total. The molecule has 20 heavy (non-hydrogen) atoms. The van der Waals surface area contributed by atoms with Crippen molar-refractivity contribution in [2.24, 2.45) is 5.73 Å². The highest BCUT2D eigenvalue weighted by molar-refractivity contribution is 5.88. The largest absolute Gasteiger partial charge is 0.463 e. The van der Waals surface area contributed by atoms with Crippen LogP contribution in [-0.4, -0.2) is 54.5 Å². The molecule has 1 saturated heterocycles. The molecule has 0 aromatic heterocycles. The average molecular weight is 303 g/mol. The normalized spacial score (nSPS) is 17.9. The Hall–Kier alpha value is -1.45. The number of hydrogen-bond donors (Lipinski definition) is 2. The van der Waals surface area contributed by atoms with Crippen LogP contribution in [0.2, 0.25) is 0 Å². The van der Waals surface area contributed by atoms with E-state index in [4.69, 9.17) is 5.73 Å². The lowest BCUT2D eigenvalue weighted by atomic mass is 10.0. The maximum atomic E-state index is 13.1. The SMILES string of the molecule is NC(=O)CN(C(=O)C(F)(F)C(F)(F)F)C1CCNCC1. The van der Waals surface area contributed by atoms with Gasteiger partial charge in [-0.2, -0.15) is 22.0 Å². The van der Waals surface area contributed by atoms with Crippen molar-refractivity contribution in [2.45, 2.75) is 31.0 Å². The van der Waals surface area contributed by atoms with Gasteiger partial charge in [0, 0.05) is 6.04 Å². The van der Waals surface area contributed by atoms with Gasteiger partial charge in [-0.15, -0.1) is 0 Å². The van der Waals surface area contributed by atoms with Crippen LogP contribution in [0.25, 0.3) is 0 Å². The number of amides is 2. The number of halogens is 5. The van der Waals surface area contributed by atoms with Gasteiger partial charge in [0.2, 0.25) is 5.91 Å². The number of carbonyl (C=O) groups is 2. The van der Waals surface area contributed by atoms with Crippen LogP contribution < -0.4 is 11.1 Å². The second-order valence-corrected chi connectivity index (χ2v) is 4.45. The van der Waals surface area contributed by atoms with Gasteiger partial charge in [-0.1, -0.05) is 0 Å². The molecular formula is C10H14F5N3O2. The molecule has 0 atom stereocenters. The molecule has 1 aliphatic rings. The third kappa shape index (κ3) is 3.56. The molecule has 1 heterocycles. The summed E-state index contributed by atoms with van der Waals surface area (Å²) in [6.07, 6.45) is -5.66. The first kappa shape index (κ1) is 16.6. The number of hydrogen-bond acceptors (Lipinski definition) is 3. The van der Waals surface area contributed by atoms with Gasteiger partial charge >= 0.3 is 18.0 Å². The van der Waals surface area contributed by atoms with Crippen LogP contribution in [0, 0.1) is 0 Å². The van der Waals surface area contributed by atoms with Crippen LogP contribution in [0.5, 0.6) is 0 Å². The topological polar surface area (TPSA) is 75.4 Å². The van der Waals surface area contributed by atoms with E-state index >= 15 is 0 Å². The van der Waals surface area contributed by atoms with Gasteiger partial charge in [-0.25, -0.2) is 0 Å². The summed E-state index contributed by atoms with van der Waals surface area (Å²) >= 11 is 0. The lowest BCUT2D eigenvalue weighted by molar-refractivity contribution is -0.275. The maximum Gasteiger partial charge on any atom is 0.463 e. The van der Waals surface area contributed by atoms with Gasteiger partial charge in [0.25, 0.3) is 0 Å². The van der Waals surface area contributed by atoms with E-state index in [1.165, 1.54) is 0 Å². The van der Waals surface area contributed by atoms with E-state index in [9.17, 15) is 31.5 Å². The zero-order chi connectivity index (χ0) is 15.6. The minimum atomic E-state index is -6.01. The molecule has 0 aliphatic carbocycles. The molecule has 10 heteroatoms. The molecule has 0 aromatic rings. The summed E-state index contributed by atoms with van der Waals surface area (Å²) in [4.78, 5) is 22.5. The monoisotopic (exact) mass is 303 g/mol. The van der Waals surface area contributed by atoms with Crippen molar-refractivity contribution in [1.82, 2.24) is 10.2 Å². The first-order chi connectivity index (χ1) is 9.07. The molecule has 0 bridgehead atoms. The molecule has 5 nitrogen and oxygen atoms in total. The van der Waals surface area contributed by atoms with Gasteiger partial charge in [0.05, 0.1) is 6.54 Å². The fourth-order valence-corrected chi connectivity index (χ4v) is 1.95. The molecule has 0 unspecified atom stereocenters. The molecule has 0 spiro atoms. The molecular weight excluding hydrogens is 289 g/mol. The zero-order valence-electron chi connectivity index (χ0n) is 10.3. The van der Waals surface area contributed by atoms with Gasteiger partial charge < -0.3 is 16.0 Å². The fourth-order valence-electron chi connectivity index (χ4n) is 1.95. The number of nitrogens with zero attached hydrogens (tertiary/aromatic N) is 1. The molecule has 116 valence electrons. The Morgan fingerprint density at radius 2 is 1.65 bits per heavy atom. The predicted molar refractivity (Wildman–Crippen MR) is 57.8 cm³/mol. The predicted octanol–water partition coefficient (Wildman–Crippen LogP) is 0.250. The summed E-state index contributed by atoms with van der Waals surface area (Å²) in [6, 6.07) is -0.871.